The second kappa shape index (κ2) is 16.9. The number of benzene rings is 2. The standard InChI is InChI=1S/C28H37N3O4S.C2H7N/c1-6-34-31-27(33)22-14-11-15-23-26(22)35-28(29-23)36-17-9-7-8-16-24(32)30-25-20(18(2)3)12-10-13-21(25)19(4)5;1-3-2/h10-15,18-19H,6-9,16-17H2,1-5H3,(H,30,32)(H,31,33);3H,1-2H3. The number of thioether (sulfide) groups is 1. The number of nitrogens with one attached hydrogen (secondary N) is 3. The lowest BCUT2D eigenvalue weighted by Crippen LogP contribution is -2.23. The number of carbonyl (C=O) groups is 2. The van der Waals surface area contributed by atoms with Crippen molar-refractivity contribution in [2.45, 2.75) is 77.4 Å². The van der Waals surface area contributed by atoms with Gasteiger partial charge >= 0.3 is 0 Å². The van der Waals surface area contributed by atoms with E-state index in [1.807, 2.05) is 20.2 Å². The number of hydroxylamine groups is 1. The molecule has 2 aromatic carbocycles. The average molecular weight is 557 g/mol. The van der Waals surface area contributed by atoms with Crippen LogP contribution in [-0.2, 0) is 9.63 Å². The summed E-state index contributed by atoms with van der Waals surface area (Å²) in [6.07, 6.45) is 3.19. The fourth-order valence-electron chi connectivity index (χ4n) is 3.98. The van der Waals surface area contributed by atoms with Crippen molar-refractivity contribution >= 4 is 40.4 Å². The van der Waals surface area contributed by atoms with Gasteiger partial charge in [-0.15, -0.1) is 0 Å². The molecule has 0 spiro atoms. The number of hydrogen-bond donors (Lipinski definition) is 3. The SMILES string of the molecule is CCONC(=O)c1cccc2nc(SCCCCCC(=O)Nc3c(C(C)C)cccc3C(C)C)oc12.CNC. The third-order valence-corrected chi connectivity index (χ3v) is 6.77. The Morgan fingerprint density at radius 3 is 2.23 bits per heavy atom. The molecule has 0 aliphatic rings. The van der Waals surface area contributed by atoms with Crippen molar-refractivity contribution in [3.05, 3.63) is 53.1 Å². The van der Waals surface area contributed by atoms with Crippen LogP contribution in [0.1, 0.15) is 93.6 Å². The number of oxazole rings is 1. The van der Waals surface area contributed by atoms with Crippen molar-refractivity contribution in [1.82, 2.24) is 15.8 Å². The van der Waals surface area contributed by atoms with Crippen LogP contribution in [0, 0.1) is 0 Å². The highest BCUT2D eigenvalue weighted by Gasteiger charge is 2.17. The van der Waals surface area contributed by atoms with E-state index in [-0.39, 0.29) is 11.8 Å². The van der Waals surface area contributed by atoms with Gasteiger partial charge in [0.2, 0.25) is 5.91 Å². The second-order valence-electron chi connectivity index (χ2n) is 9.83. The quantitative estimate of drug-likeness (QED) is 0.120. The average Bonchev–Trinajstić information content (AvgIpc) is 3.32. The Morgan fingerprint density at radius 1 is 0.974 bits per heavy atom. The number of amides is 2. The summed E-state index contributed by atoms with van der Waals surface area (Å²) >= 11 is 1.51. The predicted octanol–water partition coefficient (Wildman–Crippen LogP) is 6.88. The highest BCUT2D eigenvalue weighted by molar-refractivity contribution is 7.99. The minimum absolute atomic E-state index is 0.0643. The van der Waals surface area contributed by atoms with E-state index < -0.39 is 0 Å². The van der Waals surface area contributed by atoms with Gasteiger partial charge in [0.05, 0.1) is 12.2 Å². The summed E-state index contributed by atoms with van der Waals surface area (Å²) in [5.41, 5.74) is 7.23. The van der Waals surface area contributed by atoms with Gasteiger partial charge in [-0.2, -0.15) is 0 Å². The molecule has 0 radical (unpaired) electrons. The van der Waals surface area contributed by atoms with Crippen molar-refractivity contribution in [2.75, 3.05) is 31.8 Å². The number of fused-ring (bicyclic) bond motifs is 1. The number of rotatable bonds is 13. The van der Waals surface area contributed by atoms with Crippen molar-refractivity contribution in [3.8, 4) is 0 Å². The van der Waals surface area contributed by atoms with Gasteiger partial charge in [-0.25, -0.2) is 10.5 Å². The molecule has 0 bridgehead atoms. The van der Waals surface area contributed by atoms with Crippen LogP contribution in [0.3, 0.4) is 0 Å². The molecule has 0 saturated carbocycles. The van der Waals surface area contributed by atoms with E-state index in [1.54, 1.807) is 19.1 Å². The number of hydrogen-bond acceptors (Lipinski definition) is 7. The van der Waals surface area contributed by atoms with Gasteiger partial charge in [-0.1, -0.05) is 70.1 Å². The lowest BCUT2D eigenvalue weighted by molar-refractivity contribution is -0.116. The van der Waals surface area contributed by atoms with E-state index in [0.29, 0.717) is 46.7 Å². The Morgan fingerprint density at radius 2 is 1.62 bits per heavy atom. The van der Waals surface area contributed by atoms with Crippen LogP contribution in [0.5, 0.6) is 0 Å². The van der Waals surface area contributed by atoms with Crippen molar-refractivity contribution < 1.29 is 18.8 Å². The molecule has 39 heavy (non-hydrogen) atoms. The summed E-state index contributed by atoms with van der Waals surface area (Å²) in [4.78, 5) is 34.4. The minimum atomic E-state index is -0.357. The molecular formula is C30H44N4O4S. The van der Waals surface area contributed by atoms with Crippen LogP contribution >= 0.6 is 11.8 Å². The van der Waals surface area contributed by atoms with Crippen LogP contribution < -0.4 is 16.1 Å². The smallest absolute Gasteiger partial charge is 0.278 e. The molecule has 0 saturated heterocycles. The maximum absolute atomic E-state index is 12.7. The summed E-state index contributed by atoms with van der Waals surface area (Å²) in [5, 5.41) is 6.47. The Balaban J connectivity index is 0.00000170. The third-order valence-electron chi connectivity index (χ3n) is 5.86. The molecule has 8 nitrogen and oxygen atoms in total. The number of anilines is 1. The van der Waals surface area contributed by atoms with Crippen LogP contribution in [0.4, 0.5) is 5.69 Å². The highest BCUT2D eigenvalue weighted by Crippen LogP contribution is 2.32. The zero-order valence-corrected chi connectivity index (χ0v) is 25.2. The summed E-state index contributed by atoms with van der Waals surface area (Å²) in [5.74, 6) is 1.22. The van der Waals surface area contributed by atoms with E-state index in [4.69, 9.17) is 9.25 Å². The van der Waals surface area contributed by atoms with Crippen molar-refractivity contribution in [1.29, 1.82) is 0 Å². The monoisotopic (exact) mass is 556 g/mol. The lowest BCUT2D eigenvalue weighted by Gasteiger charge is -2.20. The molecule has 214 valence electrons. The van der Waals surface area contributed by atoms with Gasteiger partial charge in [-0.05, 0) is 69.0 Å². The third kappa shape index (κ3) is 9.98. The Kier molecular flexibility index (Phi) is 14.0. The first-order chi connectivity index (χ1) is 18.7. The Bertz CT molecular complexity index is 1170. The summed E-state index contributed by atoms with van der Waals surface area (Å²) in [6, 6.07) is 11.6. The molecule has 2 amide bonds. The van der Waals surface area contributed by atoms with Crippen molar-refractivity contribution in [3.63, 3.8) is 0 Å². The van der Waals surface area contributed by atoms with Gasteiger partial charge in [0.1, 0.15) is 5.52 Å². The Hall–Kier alpha value is -2.88. The number of nitrogens with zero attached hydrogens (tertiary/aromatic N) is 1. The number of para-hydroxylation sites is 2. The van der Waals surface area contributed by atoms with Gasteiger partial charge < -0.3 is 15.1 Å². The highest BCUT2D eigenvalue weighted by atomic mass is 32.2. The first kappa shape index (κ1) is 32.3. The first-order valence-corrected chi connectivity index (χ1v) is 14.7. The molecule has 3 aromatic rings. The van der Waals surface area contributed by atoms with E-state index in [9.17, 15) is 9.59 Å². The molecule has 0 aliphatic heterocycles. The minimum Gasteiger partial charge on any atom is -0.430 e. The molecule has 3 N–H and O–H groups in total. The molecule has 0 unspecified atom stereocenters. The molecule has 9 heteroatoms. The first-order valence-electron chi connectivity index (χ1n) is 13.7. The van der Waals surface area contributed by atoms with E-state index in [1.165, 1.54) is 22.9 Å². The van der Waals surface area contributed by atoms with Crippen molar-refractivity contribution in [2.24, 2.45) is 0 Å². The fourth-order valence-corrected chi connectivity index (χ4v) is 4.81. The van der Waals surface area contributed by atoms with E-state index in [0.717, 1.165) is 30.7 Å². The topological polar surface area (TPSA) is 105 Å². The molecule has 3 rings (SSSR count). The fraction of sp³-hybridized carbons (Fsp3) is 0.500. The second-order valence-corrected chi connectivity index (χ2v) is 10.9. The summed E-state index contributed by atoms with van der Waals surface area (Å²) in [6.45, 7) is 10.8. The van der Waals surface area contributed by atoms with Crippen LogP contribution in [0.2, 0.25) is 0 Å². The molecular weight excluding hydrogens is 512 g/mol. The van der Waals surface area contributed by atoms with Gasteiger partial charge in [-0.3, -0.25) is 14.4 Å². The molecule has 0 fully saturated rings. The van der Waals surface area contributed by atoms with Crippen LogP contribution in [-0.4, -0.2) is 43.3 Å². The maximum Gasteiger partial charge on any atom is 0.278 e. The molecule has 0 aliphatic carbocycles. The molecule has 0 atom stereocenters. The van der Waals surface area contributed by atoms with Crippen LogP contribution in [0.15, 0.2) is 46.0 Å². The largest absolute Gasteiger partial charge is 0.430 e. The van der Waals surface area contributed by atoms with E-state index in [2.05, 4.69) is 67.0 Å². The van der Waals surface area contributed by atoms with Crippen LogP contribution in [0.25, 0.3) is 11.1 Å². The predicted molar refractivity (Wildman–Crippen MR) is 161 cm³/mol. The maximum atomic E-state index is 12.7. The summed E-state index contributed by atoms with van der Waals surface area (Å²) in [7, 11) is 3.75. The number of unbranched alkanes of at least 4 members (excludes halogenated alkanes) is 2. The zero-order valence-electron chi connectivity index (χ0n) is 24.3. The molecule has 1 heterocycles. The van der Waals surface area contributed by atoms with Gasteiger partial charge in [0, 0.05) is 17.9 Å². The van der Waals surface area contributed by atoms with E-state index >= 15 is 0 Å². The van der Waals surface area contributed by atoms with Gasteiger partial charge in [0.25, 0.3) is 11.1 Å². The summed E-state index contributed by atoms with van der Waals surface area (Å²) < 4.78 is 5.84. The van der Waals surface area contributed by atoms with Gasteiger partial charge in [0.15, 0.2) is 5.58 Å². The lowest BCUT2D eigenvalue weighted by atomic mass is 9.92. The zero-order chi connectivity index (χ0) is 28.8. The number of aromatic nitrogens is 1. The normalized spacial score (nSPS) is 11.0. The Labute approximate surface area is 237 Å². The molecule has 1 aromatic heterocycles. The number of carbonyl (C=O) groups excluding carboxylic acids is 2.